The van der Waals surface area contributed by atoms with Crippen LogP contribution in [0.5, 0.6) is 0 Å². The molecule has 1 fully saturated rings. The molecule has 27 heavy (non-hydrogen) atoms. The molecule has 0 aromatic heterocycles. The maximum atomic E-state index is 12.4. The van der Waals surface area contributed by atoms with Crippen LogP contribution < -0.4 is 10.6 Å². The van der Waals surface area contributed by atoms with Crippen LogP contribution in [0.15, 0.2) is 30.3 Å². The van der Waals surface area contributed by atoms with E-state index in [4.69, 9.17) is 0 Å². The van der Waals surface area contributed by atoms with Crippen molar-refractivity contribution >= 4 is 11.8 Å². The SMILES string of the molecule is CCCCCC(C)NC(=O)CN1CCC(C(=O)NCc2ccccc2)CC1. The summed E-state index contributed by atoms with van der Waals surface area (Å²) in [4.78, 5) is 26.7. The third-order valence-electron chi connectivity index (χ3n) is 5.28. The molecule has 1 unspecified atom stereocenters. The van der Waals surface area contributed by atoms with Crippen molar-refractivity contribution in [3.05, 3.63) is 35.9 Å². The lowest BCUT2D eigenvalue weighted by Gasteiger charge is -2.31. The van der Waals surface area contributed by atoms with Gasteiger partial charge < -0.3 is 10.6 Å². The van der Waals surface area contributed by atoms with Crippen LogP contribution >= 0.6 is 0 Å². The highest BCUT2D eigenvalue weighted by Crippen LogP contribution is 2.17. The van der Waals surface area contributed by atoms with Crippen molar-refractivity contribution in [1.29, 1.82) is 0 Å². The van der Waals surface area contributed by atoms with Gasteiger partial charge in [-0.3, -0.25) is 14.5 Å². The molecule has 1 saturated heterocycles. The molecule has 2 amide bonds. The maximum absolute atomic E-state index is 12.4. The van der Waals surface area contributed by atoms with Crippen molar-refractivity contribution in [2.75, 3.05) is 19.6 Å². The second kappa shape index (κ2) is 11.8. The van der Waals surface area contributed by atoms with Crippen LogP contribution in [0, 0.1) is 5.92 Å². The lowest BCUT2D eigenvalue weighted by Crippen LogP contribution is -2.45. The molecule has 5 heteroatoms. The molecular formula is C22H35N3O2. The number of carbonyl (C=O) groups is 2. The fourth-order valence-corrected chi connectivity index (χ4v) is 3.58. The number of piperidine rings is 1. The normalized spacial score (nSPS) is 16.7. The summed E-state index contributed by atoms with van der Waals surface area (Å²) in [5.41, 5.74) is 1.12. The first kappa shape index (κ1) is 21.4. The average molecular weight is 374 g/mol. The highest BCUT2D eigenvalue weighted by atomic mass is 16.2. The number of nitrogens with zero attached hydrogens (tertiary/aromatic N) is 1. The van der Waals surface area contributed by atoms with E-state index in [0.29, 0.717) is 13.1 Å². The van der Waals surface area contributed by atoms with Crippen LogP contribution in [-0.2, 0) is 16.1 Å². The molecule has 2 rings (SSSR count). The summed E-state index contributed by atoms with van der Waals surface area (Å²) in [6.07, 6.45) is 6.28. The number of rotatable bonds is 10. The van der Waals surface area contributed by atoms with E-state index in [9.17, 15) is 9.59 Å². The van der Waals surface area contributed by atoms with Crippen molar-refractivity contribution in [1.82, 2.24) is 15.5 Å². The Morgan fingerprint density at radius 1 is 1.15 bits per heavy atom. The second-order valence-corrected chi connectivity index (χ2v) is 7.72. The topological polar surface area (TPSA) is 61.4 Å². The maximum Gasteiger partial charge on any atom is 0.234 e. The van der Waals surface area contributed by atoms with E-state index in [1.54, 1.807) is 0 Å². The Labute approximate surface area is 163 Å². The van der Waals surface area contributed by atoms with Gasteiger partial charge in [-0.25, -0.2) is 0 Å². The second-order valence-electron chi connectivity index (χ2n) is 7.72. The highest BCUT2D eigenvalue weighted by molar-refractivity contribution is 5.79. The summed E-state index contributed by atoms with van der Waals surface area (Å²) in [7, 11) is 0. The Balaban J connectivity index is 1.62. The molecule has 0 bridgehead atoms. The number of hydrogen-bond acceptors (Lipinski definition) is 3. The van der Waals surface area contributed by atoms with Crippen molar-refractivity contribution in [2.24, 2.45) is 5.92 Å². The van der Waals surface area contributed by atoms with E-state index in [-0.39, 0.29) is 23.8 Å². The molecule has 1 heterocycles. The summed E-state index contributed by atoms with van der Waals surface area (Å²) in [5.74, 6) is 0.291. The van der Waals surface area contributed by atoms with Crippen LogP contribution in [0.25, 0.3) is 0 Å². The summed E-state index contributed by atoms with van der Waals surface area (Å²) in [5, 5.41) is 6.14. The molecule has 1 aromatic rings. The van der Waals surface area contributed by atoms with E-state index in [0.717, 1.165) is 37.9 Å². The van der Waals surface area contributed by atoms with Crippen LogP contribution in [0.3, 0.4) is 0 Å². The van der Waals surface area contributed by atoms with Gasteiger partial charge in [0.25, 0.3) is 0 Å². The predicted octanol–water partition coefficient (Wildman–Crippen LogP) is 3.10. The first-order chi connectivity index (χ1) is 13.1. The van der Waals surface area contributed by atoms with Gasteiger partial charge in [0.15, 0.2) is 0 Å². The largest absolute Gasteiger partial charge is 0.353 e. The van der Waals surface area contributed by atoms with Crippen LogP contribution in [0.2, 0.25) is 0 Å². The summed E-state index contributed by atoms with van der Waals surface area (Å²) >= 11 is 0. The summed E-state index contributed by atoms with van der Waals surface area (Å²) < 4.78 is 0. The summed E-state index contributed by atoms with van der Waals surface area (Å²) in [6.45, 7) is 6.91. The monoisotopic (exact) mass is 373 g/mol. The molecule has 150 valence electrons. The molecule has 0 saturated carbocycles. The zero-order chi connectivity index (χ0) is 19.5. The van der Waals surface area contributed by atoms with Crippen molar-refractivity contribution in [2.45, 2.75) is 65.0 Å². The third-order valence-corrected chi connectivity index (χ3v) is 5.28. The van der Waals surface area contributed by atoms with Gasteiger partial charge in [-0.2, -0.15) is 0 Å². The number of hydrogen-bond donors (Lipinski definition) is 2. The van der Waals surface area contributed by atoms with Gasteiger partial charge in [0.2, 0.25) is 11.8 Å². The molecule has 1 aliphatic rings. The smallest absolute Gasteiger partial charge is 0.234 e. The number of benzene rings is 1. The minimum atomic E-state index is 0.0565. The zero-order valence-corrected chi connectivity index (χ0v) is 16.9. The van der Waals surface area contributed by atoms with Gasteiger partial charge in [0, 0.05) is 18.5 Å². The molecule has 1 aromatic carbocycles. The minimum Gasteiger partial charge on any atom is -0.353 e. The fourth-order valence-electron chi connectivity index (χ4n) is 3.58. The quantitative estimate of drug-likeness (QED) is 0.620. The fraction of sp³-hybridized carbons (Fsp3) is 0.636. The molecule has 0 spiro atoms. The Kier molecular flexibility index (Phi) is 9.32. The van der Waals surface area contributed by atoms with E-state index in [1.807, 2.05) is 30.3 Å². The molecule has 1 aliphatic heterocycles. The zero-order valence-electron chi connectivity index (χ0n) is 16.9. The first-order valence-corrected chi connectivity index (χ1v) is 10.4. The number of carbonyl (C=O) groups excluding carboxylic acids is 2. The molecule has 5 nitrogen and oxygen atoms in total. The number of amides is 2. The molecule has 2 N–H and O–H groups in total. The van der Waals surface area contributed by atoms with E-state index in [2.05, 4.69) is 29.4 Å². The molecule has 1 atom stereocenters. The van der Waals surface area contributed by atoms with Gasteiger partial charge in [-0.05, 0) is 44.8 Å². The standard InChI is InChI=1S/C22H35N3O2/c1-3-4-6-9-18(2)24-21(26)17-25-14-12-20(13-15-25)22(27)23-16-19-10-7-5-8-11-19/h5,7-8,10-11,18,20H,3-4,6,9,12-17H2,1-2H3,(H,23,27)(H,24,26). The van der Waals surface area contributed by atoms with Crippen LogP contribution in [-0.4, -0.2) is 42.4 Å². The lowest BCUT2D eigenvalue weighted by atomic mass is 9.96. The van der Waals surface area contributed by atoms with Crippen molar-refractivity contribution in [3.63, 3.8) is 0 Å². The number of unbranched alkanes of at least 4 members (excludes halogenated alkanes) is 2. The van der Waals surface area contributed by atoms with Gasteiger partial charge in [-0.15, -0.1) is 0 Å². The van der Waals surface area contributed by atoms with Crippen LogP contribution in [0.1, 0.15) is 57.9 Å². The molecular weight excluding hydrogens is 338 g/mol. The average Bonchev–Trinajstić information content (AvgIpc) is 2.67. The first-order valence-electron chi connectivity index (χ1n) is 10.4. The third kappa shape index (κ3) is 8.12. The Morgan fingerprint density at radius 3 is 2.52 bits per heavy atom. The summed E-state index contributed by atoms with van der Waals surface area (Å²) in [6, 6.07) is 10.2. The van der Waals surface area contributed by atoms with Gasteiger partial charge in [0.1, 0.15) is 0 Å². The minimum absolute atomic E-state index is 0.0565. The predicted molar refractivity (Wildman–Crippen MR) is 109 cm³/mol. The van der Waals surface area contributed by atoms with Crippen LogP contribution in [0.4, 0.5) is 0 Å². The van der Waals surface area contributed by atoms with Crippen molar-refractivity contribution < 1.29 is 9.59 Å². The number of likely N-dealkylation sites (tertiary alicyclic amines) is 1. The Hall–Kier alpha value is -1.88. The Bertz CT molecular complexity index is 568. The highest BCUT2D eigenvalue weighted by Gasteiger charge is 2.25. The van der Waals surface area contributed by atoms with E-state index >= 15 is 0 Å². The van der Waals surface area contributed by atoms with Gasteiger partial charge in [-0.1, -0.05) is 56.5 Å². The van der Waals surface area contributed by atoms with E-state index in [1.165, 1.54) is 19.3 Å². The van der Waals surface area contributed by atoms with Gasteiger partial charge >= 0.3 is 0 Å². The Morgan fingerprint density at radius 2 is 1.85 bits per heavy atom. The molecule has 0 aliphatic carbocycles. The lowest BCUT2D eigenvalue weighted by molar-refractivity contribution is -0.127. The van der Waals surface area contributed by atoms with E-state index < -0.39 is 0 Å². The van der Waals surface area contributed by atoms with Gasteiger partial charge in [0.05, 0.1) is 6.54 Å². The number of nitrogens with one attached hydrogen (secondary N) is 2. The van der Waals surface area contributed by atoms with Crippen molar-refractivity contribution in [3.8, 4) is 0 Å². The molecule has 0 radical (unpaired) electrons.